The molecule has 3 aromatic rings. The SMILES string of the molecule is c1ccc(N2CCN(c3ccc4n[nH]nc4c3)CC2)nc1. The standard InChI is InChI=1S/C15H16N6/c1-2-6-16-15(3-1)21-9-7-20(8-10-21)12-4-5-13-14(11-12)18-19-17-13/h1-6,11H,7-10H2,(H,17,18,19). The molecule has 0 amide bonds. The van der Waals surface area contributed by atoms with Gasteiger partial charge >= 0.3 is 0 Å². The van der Waals surface area contributed by atoms with E-state index in [4.69, 9.17) is 0 Å². The Morgan fingerprint density at radius 2 is 1.67 bits per heavy atom. The lowest BCUT2D eigenvalue weighted by atomic mass is 10.2. The molecule has 6 heteroatoms. The van der Waals surface area contributed by atoms with Gasteiger partial charge in [0.05, 0.1) is 0 Å². The van der Waals surface area contributed by atoms with Gasteiger partial charge in [-0.3, -0.25) is 0 Å². The summed E-state index contributed by atoms with van der Waals surface area (Å²) in [6.07, 6.45) is 1.85. The van der Waals surface area contributed by atoms with Crippen LogP contribution in [0.25, 0.3) is 11.0 Å². The topological polar surface area (TPSA) is 60.9 Å². The van der Waals surface area contributed by atoms with Gasteiger partial charge in [-0.1, -0.05) is 6.07 Å². The minimum absolute atomic E-state index is 0.908. The van der Waals surface area contributed by atoms with E-state index in [0.717, 1.165) is 43.0 Å². The lowest BCUT2D eigenvalue weighted by molar-refractivity contribution is 0.648. The van der Waals surface area contributed by atoms with Crippen LogP contribution in [0.1, 0.15) is 0 Å². The lowest BCUT2D eigenvalue weighted by Gasteiger charge is -2.36. The van der Waals surface area contributed by atoms with Gasteiger partial charge in [-0.25, -0.2) is 4.98 Å². The maximum absolute atomic E-state index is 4.42. The minimum Gasteiger partial charge on any atom is -0.368 e. The Hall–Kier alpha value is -2.63. The van der Waals surface area contributed by atoms with Gasteiger partial charge in [0.2, 0.25) is 0 Å². The van der Waals surface area contributed by atoms with Crippen LogP contribution in [0.15, 0.2) is 42.6 Å². The quantitative estimate of drug-likeness (QED) is 0.774. The third kappa shape index (κ3) is 2.29. The molecule has 1 aliphatic rings. The molecule has 2 aromatic heterocycles. The van der Waals surface area contributed by atoms with Gasteiger partial charge in [0, 0.05) is 38.1 Å². The second-order valence-corrected chi connectivity index (χ2v) is 5.16. The zero-order valence-corrected chi connectivity index (χ0v) is 11.6. The molecule has 0 atom stereocenters. The first-order valence-corrected chi connectivity index (χ1v) is 7.12. The number of pyridine rings is 1. The molecular weight excluding hydrogens is 264 g/mol. The van der Waals surface area contributed by atoms with Gasteiger partial charge in [-0.2, -0.15) is 15.4 Å². The van der Waals surface area contributed by atoms with Crippen molar-refractivity contribution < 1.29 is 0 Å². The number of rotatable bonds is 2. The van der Waals surface area contributed by atoms with E-state index >= 15 is 0 Å². The normalized spacial score (nSPS) is 15.6. The molecule has 106 valence electrons. The molecule has 0 aliphatic carbocycles. The van der Waals surface area contributed by atoms with Crippen molar-refractivity contribution in [1.29, 1.82) is 0 Å². The van der Waals surface area contributed by atoms with Crippen molar-refractivity contribution >= 4 is 22.5 Å². The van der Waals surface area contributed by atoms with E-state index in [2.05, 4.69) is 48.4 Å². The Labute approximate surface area is 122 Å². The number of hydrogen-bond acceptors (Lipinski definition) is 5. The molecule has 1 saturated heterocycles. The number of nitrogens with zero attached hydrogens (tertiary/aromatic N) is 5. The van der Waals surface area contributed by atoms with Gasteiger partial charge < -0.3 is 9.80 Å². The molecule has 1 aliphatic heterocycles. The first kappa shape index (κ1) is 12.1. The molecule has 21 heavy (non-hydrogen) atoms. The van der Waals surface area contributed by atoms with Gasteiger partial charge in [0.15, 0.2) is 0 Å². The summed E-state index contributed by atoms with van der Waals surface area (Å²) in [5.74, 6) is 1.06. The third-order valence-corrected chi connectivity index (χ3v) is 3.92. The number of fused-ring (bicyclic) bond motifs is 1. The highest BCUT2D eigenvalue weighted by Gasteiger charge is 2.18. The molecular formula is C15H16N6. The molecule has 1 fully saturated rings. The predicted molar refractivity (Wildman–Crippen MR) is 82.6 cm³/mol. The third-order valence-electron chi connectivity index (χ3n) is 3.92. The first-order valence-electron chi connectivity index (χ1n) is 7.12. The Morgan fingerprint density at radius 3 is 2.48 bits per heavy atom. The van der Waals surface area contributed by atoms with E-state index in [1.807, 2.05) is 24.4 Å². The van der Waals surface area contributed by atoms with E-state index < -0.39 is 0 Å². The van der Waals surface area contributed by atoms with Crippen LogP contribution in [0.4, 0.5) is 11.5 Å². The Bertz CT molecular complexity index is 730. The highest BCUT2D eigenvalue weighted by molar-refractivity contribution is 5.78. The van der Waals surface area contributed by atoms with Crippen molar-refractivity contribution in [2.24, 2.45) is 0 Å². The Balaban J connectivity index is 1.49. The van der Waals surface area contributed by atoms with E-state index in [1.165, 1.54) is 5.69 Å². The van der Waals surface area contributed by atoms with Gasteiger partial charge in [-0.05, 0) is 30.3 Å². The van der Waals surface area contributed by atoms with Crippen LogP contribution in [-0.2, 0) is 0 Å². The smallest absolute Gasteiger partial charge is 0.128 e. The van der Waals surface area contributed by atoms with E-state index in [0.29, 0.717) is 0 Å². The minimum atomic E-state index is 0.908. The van der Waals surface area contributed by atoms with Gasteiger partial charge in [0.25, 0.3) is 0 Å². The second kappa shape index (κ2) is 5.05. The summed E-state index contributed by atoms with van der Waals surface area (Å²) in [5, 5.41) is 10.9. The number of aromatic amines is 1. The molecule has 6 nitrogen and oxygen atoms in total. The lowest BCUT2D eigenvalue weighted by Crippen LogP contribution is -2.46. The summed E-state index contributed by atoms with van der Waals surface area (Å²) >= 11 is 0. The number of piperazine rings is 1. The highest BCUT2D eigenvalue weighted by atomic mass is 15.3. The maximum atomic E-state index is 4.42. The summed E-state index contributed by atoms with van der Waals surface area (Å²) in [7, 11) is 0. The average molecular weight is 280 g/mol. The second-order valence-electron chi connectivity index (χ2n) is 5.16. The van der Waals surface area contributed by atoms with Gasteiger partial charge in [-0.15, -0.1) is 0 Å². The molecule has 0 saturated carbocycles. The summed E-state index contributed by atoms with van der Waals surface area (Å²) in [6, 6.07) is 12.3. The summed E-state index contributed by atoms with van der Waals surface area (Å²) in [4.78, 5) is 9.13. The van der Waals surface area contributed by atoms with Crippen molar-refractivity contribution in [3.63, 3.8) is 0 Å². The summed E-state index contributed by atoms with van der Waals surface area (Å²) in [5.41, 5.74) is 3.03. The Kier molecular flexibility index (Phi) is 2.92. The van der Waals surface area contributed by atoms with Crippen molar-refractivity contribution in [3.8, 4) is 0 Å². The zero-order chi connectivity index (χ0) is 14.1. The molecule has 3 heterocycles. The zero-order valence-electron chi connectivity index (χ0n) is 11.6. The highest BCUT2D eigenvalue weighted by Crippen LogP contribution is 2.22. The van der Waals surface area contributed by atoms with Crippen LogP contribution in [0, 0.1) is 0 Å². The number of anilines is 2. The number of aromatic nitrogens is 4. The van der Waals surface area contributed by atoms with Crippen molar-refractivity contribution in [2.45, 2.75) is 0 Å². The average Bonchev–Trinajstić information content (AvgIpc) is 3.03. The number of nitrogens with one attached hydrogen (secondary N) is 1. The molecule has 4 rings (SSSR count). The van der Waals surface area contributed by atoms with Crippen LogP contribution in [0.5, 0.6) is 0 Å². The van der Waals surface area contributed by atoms with Crippen molar-refractivity contribution in [2.75, 3.05) is 36.0 Å². The van der Waals surface area contributed by atoms with E-state index in [9.17, 15) is 0 Å². The van der Waals surface area contributed by atoms with E-state index in [1.54, 1.807) is 0 Å². The molecule has 0 radical (unpaired) electrons. The maximum Gasteiger partial charge on any atom is 0.128 e. The van der Waals surface area contributed by atoms with Crippen LogP contribution < -0.4 is 9.80 Å². The Morgan fingerprint density at radius 1 is 0.857 bits per heavy atom. The summed E-state index contributed by atoms with van der Waals surface area (Å²) < 4.78 is 0. The number of H-pyrrole nitrogens is 1. The number of benzene rings is 1. The molecule has 0 bridgehead atoms. The fraction of sp³-hybridized carbons (Fsp3) is 0.267. The molecule has 1 N–H and O–H groups in total. The molecule has 0 unspecified atom stereocenters. The fourth-order valence-corrected chi connectivity index (χ4v) is 2.76. The number of hydrogen-bond donors (Lipinski definition) is 1. The molecule has 0 spiro atoms. The van der Waals surface area contributed by atoms with Crippen LogP contribution in [-0.4, -0.2) is 46.6 Å². The monoisotopic (exact) mass is 280 g/mol. The first-order chi connectivity index (χ1) is 10.4. The summed E-state index contributed by atoms with van der Waals surface area (Å²) in [6.45, 7) is 3.93. The molecule has 1 aromatic carbocycles. The van der Waals surface area contributed by atoms with Crippen LogP contribution in [0.3, 0.4) is 0 Å². The fourth-order valence-electron chi connectivity index (χ4n) is 2.76. The van der Waals surface area contributed by atoms with Crippen molar-refractivity contribution in [3.05, 3.63) is 42.6 Å². The van der Waals surface area contributed by atoms with Gasteiger partial charge in [0.1, 0.15) is 16.9 Å². The van der Waals surface area contributed by atoms with Crippen LogP contribution in [0.2, 0.25) is 0 Å². The largest absolute Gasteiger partial charge is 0.368 e. The van der Waals surface area contributed by atoms with E-state index in [-0.39, 0.29) is 0 Å². The van der Waals surface area contributed by atoms with Crippen LogP contribution >= 0.6 is 0 Å². The van der Waals surface area contributed by atoms with Crippen molar-refractivity contribution in [1.82, 2.24) is 20.4 Å². The predicted octanol–water partition coefficient (Wildman–Crippen LogP) is 1.68.